The summed E-state index contributed by atoms with van der Waals surface area (Å²) in [5.74, 6) is 1.41. The molecule has 5 nitrogen and oxygen atoms in total. The molecule has 1 amide bonds. The predicted octanol–water partition coefficient (Wildman–Crippen LogP) is 2.34. The van der Waals surface area contributed by atoms with Gasteiger partial charge in [-0.25, -0.2) is 0 Å². The average molecular weight is 317 g/mol. The molecule has 4 heterocycles. The summed E-state index contributed by atoms with van der Waals surface area (Å²) in [4.78, 5) is 21.8. The van der Waals surface area contributed by atoms with Crippen molar-refractivity contribution in [3.63, 3.8) is 0 Å². The number of fused-ring (bicyclic) bond motifs is 1. The molecule has 0 aliphatic carbocycles. The van der Waals surface area contributed by atoms with E-state index in [1.54, 1.807) is 6.08 Å². The van der Waals surface area contributed by atoms with Crippen LogP contribution in [0.5, 0.6) is 0 Å². The van der Waals surface area contributed by atoms with Crippen LogP contribution in [0.1, 0.15) is 24.4 Å². The molecule has 1 atom stereocenters. The Bertz CT molecular complexity index is 664. The van der Waals surface area contributed by atoms with Crippen molar-refractivity contribution in [1.29, 1.82) is 0 Å². The zero-order chi connectivity index (χ0) is 15.1. The van der Waals surface area contributed by atoms with Gasteiger partial charge in [-0.2, -0.15) is 4.99 Å². The fraction of sp³-hybridized carbons (Fsp3) is 0.500. The summed E-state index contributed by atoms with van der Waals surface area (Å²) in [6, 6.07) is 4.41. The molecule has 1 unspecified atom stereocenters. The van der Waals surface area contributed by atoms with Crippen molar-refractivity contribution in [2.45, 2.75) is 25.8 Å². The SMILES string of the molecule is Cc1ccc(C=C2SC(N3CCN4CCCC4C3)=NC2=O)o1. The van der Waals surface area contributed by atoms with Crippen LogP contribution in [-0.4, -0.2) is 53.1 Å². The van der Waals surface area contributed by atoms with Crippen molar-refractivity contribution < 1.29 is 9.21 Å². The zero-order valence-electron chi connectivity index (χ0n) is 12.6. The predicted molar refractivity (Wildman–Crippen MR) is 87.6 cm³/mol. The van der Waals surface area contributed by atoms with Crippen LogP contribution in [0.15, 0.2) is 26.4 Å². The fourth-order valence-electron chi connectivity index (χ4n) is 3.36. The molecule has 6 heteroatoms. The number of thioether (sulfide) groups is 1. The number of amidine groups is 1. The zero-order valence-corrected chi connectivity index (χ0v) is 13.4. The molecule has 116 valence electrons. The largest absolute Gasteiger partial charge is 0.462 e. The van der Waals surface area contributed by atoms with Crippen LogP contribution in [0.2, 0.25) is 0 Å². The lowest BCUT2D eigenvalue weighted by Gasteiger charge is -2.38. The molecule has 0 aromatic carbocycles. The van der Waals surface area contributed by atoms with E-state index >= 15 is 0 Å². The highest BCUT2D eigenvalue weighted by Gasteiger charge is 2.34. The number of amides is 1. The summed E-state index contributed by atoms with van der Waals surface area (Å²) in [5, 5.41) is 0.853. The minimum Gasteiger partial charge on any atom is -0.462 e. The molecule has 0 N–H and O–H groups in total. The fourth-order valence-corrected chi connectivity index (χ4v) is 4.29. The molecule has 0 saturated carbocycles. The van der Waals surface area contributed by atoms with Crippen LogP contribution < -0.4 is 0 Å². The molecule has 2 saturated heterocycles. The van der Waals surface area contributed by atoms with Gasteiger partial charge in [0.1, 0.15) is 11.5 Å². The Balaban J connectivity index is 1.47. The van der Waals surface area contributed by atoms with Crippen LogP contribution >= 0.6 is 11.8 Å². The first-order valence-electron chi connectivity index (χ1n) is 7.77. The van der Waals surface area contributed by atoms with E-state index in [1.165, 1.54) is 31.1 Å². The topological polar surface area (TPSA) is 49.0 Å². The minimum absolute atomic E-state index is 0.150. The van der Waals surface area contributed by atoms with Crippen LogP contribution in [0.3, 0.4) is 0 Å². The van der Waals surface area contributed by atoms with Crippen LogP contribution in [-0.2, 0) is 4.79 Å². The van der Waals surface area contributed by atoms with Gasteiger partial charge in [-0.1, -0.05) is 0 Å². The number of carbonyl (C=O) groups excluding carboxylic acids is 1. The number of carbonyl (C=O) groups is 1. The van der Waals surface area contributed by atoms with E-state index in [4.69, 9.17) is 4.42 Å². The molecule has 0 spiro atoms. The molecule has 1 aromatic rings. The monoisotopic (exact) mass is 317 g/mol. The van der Waals surface area contributed by atoms with E-state index in [9.17, 15) is 4.79 Å². The Morgan fingerprint density at radius 3 is 3.09 bits per heavy atom. The molecule has 0 bridgehead atoms. The number of hydrogen-bond acceptors (Lipinski definition) is 5. The minimum atomic E-state index is -0.150. The number of nitrogens with zero attached hydrogens (tertiary/aromatic N) is 3. The van der Waals surface area contributed by atoms with Gasteiger partial charge in [-0.05, 0) is 50.2 Å². The quantitative estimate of drug-likeness (QED) is 0.744. The van der Waals surface area contributed by atoms with Crippen LogP contribution in [0.4, 0.5) is 0 Å². The third-order valence-corrected chi connectivity index (χ3v) is 5.55. The van der Waals surface area contributed by atoms with Gasteiger partial charge in [0.05, 0.1) is 4.91 Å². The van der Waals surface area contributed by atoms with E-state index in [2.05, 4.69) is 14.8 Å². The second-order valence-corrected chi connectivity index (χ2v) is 7.05. The van der Waals surface area contributed by atoms with Crippen molar-refractivity contribution >= 4 is 28.9 Å². The molecular formula is C16H19N3O2S. The van der Waals surface area contributed by atoms with Crippen molar-refractivity contribution in [2.75, 3.05) is 26.2 Å². The van der Waals surface area contributed by atoms with Gasteiger partial charge in [-0.3, -0.25) is 9.69 Å². The number of piperazine rings is 1. The normalized spacial score (nSPS) is 27.6. The summed E-state index contributed by atoms with van der Waals surface area (Å²) in [6.45, 7) is 6.15. The summed E-state index contributed by atoms with van der Waals surface area (Å²) in [7, 11) is 0. The number of rotatable bonds is 1. The van der Waals surface area contributed by atoms with E-state index in [0.717, 1.165) is 30.6 Å². The van der Waals surface area contributed by atoms with Crippen molar-refractivity contribution in [3.8, 4) is 0 Å². The van der Waals surface area contributed by atoms with E-state index in [1.807, 2.05) is 19.1 Å². The number of furan rings is 1. The van der Waals surface area contributed by atoms with Crippen LogP contribution in [0, 0.1) is 6.92 Å². The standard InChI is InChI=1S/C16H19N3O2S/c1-11-4-5-13(21-11)9-14-15(20)17-16(22-14)19-8-7-18-6-2-3-12(18)10-19/h4-5,9,12H,2-3,6-8,10H2,1H3. The number of aryl methyl sites for hydroxylation is 1. The maximum Gasteiger partial charge on any atom is 0.286 e. The van der Waals surface area contributed by atoms with Crippen molar-refractivity contribution in [2.24, 2.45) is 4.99 Å². The Hall–Kier alpha value is -1.53. The first-order chi connectivity index (χ1) is 10.7. The first-order valence-corrected chi connectivity index (χ1v) is 8.59. The lowest BCUT2D eigenvalue weighted by Crippen LogP contribution is -2.51. The third kappa shape index (κ3) is 2.61. The molecule has 22 heavy (non-hydrogen) atoms. The molecule has 3 aliphatic heterocycles. The smallest absolute Gasteiger partial charge is 0.286 e. The molecular weight excluding hydrogens is 298 g/mol. The lowest BCUT2D eigenvalue weighted by molar-refractivity contribution is -0.113. The van der Waals surface area contributed by atoms with Gasteiger partial charge in [0, 0.05) is 31.8 Å². The van der Waals surface area contributed by atoms with Gasteiger partial charge in [0.2, 0.25) is 0 Å². The van der Waals surface area contributed by atoms with E-state index in [0.29, 0.717) is 16.7 Å². The van der Waals surface area contributed by atoms with Crippen molar-refractivity contribution in [3.05, 3.63) is 28.6 Å². The summed E-state index contributed by atoms with van der Waals surface area (Å²) in [6.07, 6.45) is 4.35. The van der Waals surface area contributed by atoms with E-state index < -0.39 is 0 Å². The lowest BCUT2D eigenvalue weighted by atomic mass is 10.2. The first kappa shape index (κ1) is 14.1. The summed E-state index contributed by atoms with van der Waals surface area (Å²) >= 11 is 1.47. The molecule has 2 fully saturated rings. The Morgan fingerprint density at radius 2 is 2.27 bits per heavy atom. The van der Waals surface area contributed by atoms with Crippen LogP contribution in [0.25, 0.3) is 6.08 Å². The average Bonchev–Trinajstić information content (AvgIpc) is 3.20. The number of hydrogen-bond donors (Lipinski definition) is 0. The van der Waals surface area contributed by atoms with E-state index in [-0.39, 0.29) is 5.91 Å². The second kappa shape index (κ2) is 5.59. The van der Waals surface area contributed by atoms with Gasteiger partial charge >= 0.3 is 0 Å². The maximum absolute atomic E-state index is 12.1. The summed E-state index contributed by atoms with van der Waals surface area (Å²) < 4.78 is 5.52. The molecule has 0 radical (unpaired) electrons. The van der Waals surface area contributed by atoms with Gasteiger partial charge in [0.25, 0.3) is 5.91 Å². The molecule has 3 aliphatic rings. The summed E-state index contributed by atoms with van der Waals surface area (Å²) in [5.41, 5.74) is 0. The highest BCUT2D eigenvalue weighted by Crippen LogP contribution is 2.32. The van der Waals surface area contributed by atoms with Gasteiger partial charge < -0.3 is 9.32 Å². The second-order valence-electron chi connectivity index (χ2n) is 6.04. The van der Waals surface area contributed by atoms with Gasteiger partial charge in [0.15, 0.2) is 5.17 Å². The Morgan fingerprint density at radius 1 is 1.36 bits per heavy atom. The highest BCUT2D eigenvalue weighted by atomic mass is 32.2. The molecule has 1 aromatic heterocycles. The highest BCUT2D eigenvalue weighted by molar-refractivity contribution is 8.18. The number of aliphatic imine (C=N–C) groups is 1. The Kier molecular flexibility index (Phi) is 3.58. The third-order valence-electron chi connectivity index (χ3n) is 4.50. The van der Waals surface area contributed by atoms with Crippen molar-refractivity contribution in [1.82, 2.24) is 9.80 Å². The Labute approximate surface area is 134 Å². The molecule has 4 rings (SSSR count). The maximum atomic E-state index is 12.1. The van der Waals surface area contributed by atoms with Gasteiger partial charge in [-0.15, -0.1) is 0 Å².